The summed E-state index contributed by atoms with van der Waals surface area (Å²) < 4.78 is 0. The van der Waals surface area contributed by atoms with Crippen LogP contribution in [0.25, 0.3) is 0 Å². The molecule has 2 atom stereocenters. The van der Waals surface area contributed by atoms with Crippen molar-refractivity contribution < 1.29 is 4.79 Å². The van der Waals surface area contributed by atoms with E-state index in [1.807, 2.05) is 38.1 Å². The number of rotatable bonds is 5. The second-order valence-corrected chi connectivity index (χ2v) is 4.43. The van der Waals surface area contributed by atoms with E-state index in [9.17, 15) is 10.1 Å². The molecule has 0 radical (unpaired) electrons. The molecule has 0 fully saturated rings. The molecule has 0 saturated carbocycles. The van der Waals surface area contributed by atoms with Gasteiger partial charge in [-0.15, -0.1) is 0 Å². The van der Waals surface area contributed by atoms with E-state index in [-0.39, 0.29) is 18.0 Å². The second-order valence-electron chi connectivity index (χ2n) is 4.43. The third-order valence-corrected chi connectivity index (χ3v) is 2.71. The summed E-state index contributed by atoms with van der Waals surface area (Å²) in [5, 5.41) is 15.1. The molecule has 2 N–H and O–H groups in total. The molecule has 0 aliphatic rings. The maximum absolute atomic E-state index is 10.9. The van der Waals surface area contributed by atoms with Gasteiger partial charge in [0.25, 0.3) is 0 Å². The monoisotopic (exact) mass is 245 g/mol. The van der Waals surface area contributed by atoms with Crippen molar-refractivity contribution in [1.29, 1.82) is 5.26 Å². The van der Waals surface area contributed by atoms with E-state index < -0.39 is 0 Å². The highest BCUT2D eigenvalue weighted by Crippen LogP contribution is 2.16. The number of carbonyl (C=O) groups is 1. The molecule has 2 unspecified atom stereocenters. The summed E-state index contributed by atoms with van der Waals surface area (Å²) in [4.78, 5) is 10.9. The lowest BCUT2D eigenvalue weighted by molar-refractivity contribution is -0.119. The number of nitrogens with one attached hydrogen (secondary N) is 2. The Morgan fingerprint density at radius 3 is 2.67 bits per heavy atom. The zero-order chi connectivity index (χ0) is 13.5. The molecular weight excluding hydrogens is 226 g/mol. The van der Waals surface area contributed by atoms with Crippen LogP contribution in [-0.2, 0) is 4.79 Å². The largest absolute Gasteiger partial charge is 0.353 e. The molecule has 4 nitrogen and oxygen atoms in total. The minimum atomic E-state index is -0.345. The minimum absolute atomic E-state index is 0.00219. The number of hydrogen-bond acceptors (Lipinski definition) is 3. The van der Waals surface area contributed by atoms with E-state index in [1.165, 1.54) is 6.92 Å². The second kappa shape index (κ2) is 6.77. The van der Waals surface area contributed by atoms with Crippen molar-refractivity contribution in [1.82, 2.24) is 10.6 Å². The van der Waals surface area contributed by atoms with Crippen molar-refractivity contribution in [2.45, 2.75) is 32.9 Å². The van der Waals surface area contributed by atoms with Gasteiger partial charge in [-0.1, -0.05) is 24.3 Å². The van der Waals surface area contributed by atoms with Crippen LogP contribution in [0.4, 0.5) is 0 Å². The summed E-state index contributed by atoms with van der Waals surface area (Å²) in [5.41, 5.74) is 2.07. The number of nitrogens with zero attached hydrogens (tertiary/aromatic N) is 1. The van der Waals surface area contributed by atoms with Crippen LogP contribution in [0.3, 0.4) is 0 Å². The summed E-state index contributed by atoms with van der Waals surface area (Å²) in [6, 6.07) is 9.70. The predicted molar refractivity (Wildman–Crippen MR) is 70.8 cm³/mol. The standard InChI is InChI=1S/C14H19N3O/c1-10-6-4-5-7-13(10)14(8-15)16-9-11(2)17-12(3)18/h4-7,11,14,16H,9H2,1-3H3,(H,17,18). The van der Waals surface area contributed by atoms with E-state index in [1.54, 1.807) is 0 Å². The Hall–Kier alpha value is -1.86. The Bertz CT molecular complexity index is 451. The summed E-state index contributed by atoms with van der Waals surface area (Å²) in [7, 11) is 0. The summed E-state index contributed by atoms with van der Waals surface area (Å²) >= 11 is 0. The predicted octanol–water partition coefficient (Wildman–Crippen LogP) is 1.67. The van der Waals surface area contributed by atoms with Gasteiger partial charge in [0.1, 0.15) is 6.04 Å². The maximum Gasteiger partial charge on any atom is 0.217 e. The van der Waals surface area contributed by atoms with Crippen molar-refractivity contribution >= 4 is 5.91 Å². The van der Waals surface area contributed by atoms with Gasteiger partial charge in [0.05, 0.1) is 6.07 Å². The average Bonchev–Trinajstić information content (AvgIpc) is 2.31. The topological polar surface area (TPSA) is 64.9 Å². The summed E-state index contributed by atoms with van der Waals surface area (Å²) in [6.07, 6.45) is 0. The Morgan fingerprint density at radius 2 is 2.11 bits per heavy atom. The van der Waals surface area contributed by atoms with Crippen molar-refractivity contribution in [3.63, 3.8) is 0 Å². The van der Waals surface area contributed by atoms with Crippen molar-refractivity contribution in [2.24, 2.45) is 0 Å². The lowest BCUT2D eigenvalue weighted by Gasteiger charge is -2.18. The van der Waals surface area contributed by atoms with Gasteiger partial charge in [-0.25, -0.2) is 0 Å². The Morgan fingerprint density at radius 1 is 1.44 bits per heavy atom. The van der Waals surface area contributed by atoms with Crippen molar-refractivity contribution in [3.8, 4) is 6.07 Å². The van der Waals surface area contributed by atoms with Gasteiger partial charge in [0.15, 0.2) is 0 Å². The molecule has 0 bridgehead atoms. The lowest BCUT2D eigenvalue weighted by Crippen LogP contribution is -2.39. The van der Waals surface area contributed by atoms with Crippen LogP contribution in [0.5, 0.6) is 0 Å². The van der Waals surface area contributed by atoms with Crippen LogP contribution in [0.1, 0.15) is 31.0 Å². The van der Waals surface area contributed by atoms with Crippen molar-refractivity contribution in [2.75, 3.05) is 6.54 Å². The van der Waals surface area contributed by atoms with E-state index >= 15 is 0 Å². The molecule has 4 heteroatoms. The first-order valence-corrected chi connectivity index (χ1v) is 6.00. The molecule has 1 aromatic carbocycles. The van der Waals surface area contributed by atoms with Gasteiger partial charge < -0.3 is 5.32 Å². The normalized spacial score (nSPS) is 13.4. The summed E-state index contributed by atoms with van der Waals surface area (Å²) in [6.45, 7) is 5.94. The van der Waals surface area contributed by atoms with Gasteiger partial charge in [-0.05, 0) is 25.0 Å². The van der Waals surface area contributed by atoms with Gasteiger partial charge in [-0.3, -0.25) is 10.1 Å². The molecule has 0 heterocycles. The molecule has 0 aliphatic heterocycles. The molecule has 96 valence electrons. The van der Waals surface area contributed by atoms with Crippen LogP contribution in [0.15, 0.2) is 24.3 Å². The zero-order valence-electron chi connectivity index (χ0n) is 11.0. The van der Waals surface area contributed by atoms with Gasteiger partial charge in [0.2, 0.25) is 5.91 Å². The smallest absolute Gasteiger partial charge is 0.217 e. The highest BCUT2D eigenvalue weighted by Gasteiger charge is 2.13. The SMILES string of the molecule is CC(=O)NC(C)CNC(C#N)c1ccccc1C. The first kappa shape index (κ1) is 14.2. The van der Waals surface area contributed by atoms with E-state index in [0.717, 1.165) is 11.1 Å². The Balaban J connectivity index is 2.62. The van der Waals surface area contributed by atoms with Crippen LogP contribution < -0.4 is 10.6 Å². The molecule has 1 rings (SSSR count). The first-order chi connectivity index (χ1) is 8.54. The van der Waals surface area contributed by atoms with E-state index in [4.69, 9.17) is 0 Å². The number of benzene rings is 1. The molecule has 18 heavy (non-hydrogen) atoms. The molecular formula is C14H19N3O. The Kier molecular flexibility index (Phi) is 5.34. The zero-order valence-corrected chi connectivity index (χ0v) is 11.0. The fourth-order valence-electron chi connectivity index (χ4n) is 1.83. The lowest BCUT2D eigenvalue weighted by atomic mass is 10.0. The van der Waals surface area contributed by atoms with Crippen molar-refractivity contribution in [3.05, 3.63) is 35.4 Å². The number of nitriles is 1. The molecule has 1 aromatic rings. The molecule has 0 saturated heterocycles. The number of carbonyl (C=O) groups excluding carboxylic acids is 1. The van der Waals surface area contributed by atoms with E-state index in [0.29, 0.717) is 6.54 Å². The molecule has 0 aliphatic carbocycles. The van der Waals surface area contributed by atoms with Crippen LogP contribution in [0, 0.1) is 18.3 Å². The molecule has 0 spiro atoms. The van der Waals surface area contributed by atoms with Crippen LogP contribution >= 0.6 is 0 Å². The third kappa shape index (κ3) is 4.19. The fourth-order valence-corrected chi connectivity index (χ4v) is 1.83. The van der Waals surface area contributed by atoms with Gasteiger partial charge in [-0.2, -0.15) is 5.26 Å². The number of hydrogen-bond donors (Lipinski definition) is 2. The first-order valence-electron chi connectivity index (χ1n) is 6.00. The molecule has 1 amide bonds. The highest BCUT2D eigenvalue weighted by atomic mass is 16.1. The minimum Gasteiger partial charge on any atom is -0.353 e. The van der Waals surface area contributed by atoms with Crippen LogP contribution in [-0.4, -0.2) is 18.5 Å². The van der Waals surface area contributed by atoms with Gasteiger partial charge in [0, 0.05) is 19.5 Å². The maximum atomic E-state index is 10.9. The third-order valence-electron chi connectivity index (χ3n) is 2.71. The highest BCUT2D eigenvalue weighted by molar-refractivity contribution is 5.73. The molecule has 0 aromatic heterocycles. The fraction of sp³-hybridized carbons (Fsp3) is 0.429. The Labute approximate surface area is 108 Å². The van der Waals surface area contributed by atoms with E-state index in [2.05, 4.69) is 16.7 Å². The number of amides is 1. The number of aryl methyl sites for hydroxylation is 1. The average molecular weight is 245 g/mol. The van der Waals surface area contributed by atoms with Crippen LogP contribution in [0.2, 0.25) is 0 Å². The van der Waals surface area contributed by atoms with Gasteiger partial charge >= 0.3 is 0 Å². The quantitative estimate of drug-likeness (QED) is 0.829. The summed E-state index contributed by atoms with van der Waals surface area (Å²) in [5.74, 6) is -0.0614.